The molecule has 7 atom stereocenters. The molecule has 0 spiro atoms. The number of allylic oxidation sites excluding steroid dienone is 2. The molecule has 3 nitrogen and oxygen atoms in total. The van der Waals surface area contributed by atoms with Gasteiger partial charge in [-0.2, -0.15) is 0 Å². The Bertz CT molecular complexity index is 650. The Hall–Kier alpha value is -1.12. The Kier molecular flexibility index (Phi) is 4.36. The molecule has 26 heavy (non-hydrogen) atoms. The number of Topliss-reactive ketones (excluding diaryl/α,β-unsaturated/α-hetero) is 1. The highest BCUT2D eigenvalue weighted by atomic mass is 16.5. The van der Waals surface area contributed by atoms with Crippen LogP contribution in [0.5, 0.6) is 0 Å². The third-order valence-corrected chi connectivity index (χ3v) is 8.80. The first-order valence-electron chi connectivity index (χ1n) is 10.6. The Morgan fingerprint density at radius 1 is 1.08 bits per heavy atom. The van der Waals surface area contributed by atoms with E-state index in [-0.39, 0.29) is 28.8 Å². The van der Waals surface area contributed by atoms with E-state index < -0.39 is 0 Å². The van der Waals surface area contributed by atoms with Gasteiger partial charge in [-0.3, -0.25) is 9.59 Å². The number of carbonyl (C=O) groups excluding carboxylic acids is 2. The van der Waals surface area contributed by atoms with E-state index in [4.69, 9.17) is 4.74 Å². The molecule has 3 heteroatoms. The smallest absolute Gasteiger partial charge is 0.302 e. The van der Waals surface area contributed by atoms with E-state index in [1.807, 2.05) is 0 Å². The summed E-state index contributed by atoms with van der Waals surface area (Å²) in [6.07, 6.45) is 11.7. The van der Waals surface area contributed by atoms with Gasteiger partial charge in [-0.1, -0.05) is 25.5 Å². The van der Waals surface area contributed by atoms with Crippen LogP contribution < -0.4 is 0 Å². The Morgan fingerprint density at radius 2 is 1.85 bits per heavy atom. The highest BCUT2D eigenvalue weighted by molar-refractivity contribution is 5.79. The van der Waals surface area contributed by atoms with Crippen molar-refractivity contribution in [3.05, 3.63) is 11.6 Å². The molecule has 3 saturated carbocycles. The molecule has 0 radical (unpaired) electrons. The summed E-state index contributed by atoms with van der Waals surface area (Å²) in [5.74, 6) is 2.51. The van der Waals surface area contributed by atoms with Crippen molar-refractivity contribution in [2.24, 2.45) is 34.5 Å². The number of ketones is 1. The zero-order valence-corrected chi connectivity index (χ0v) is 16.8. The Labute approximate surface area is 157 Å². The van der Waals surface area contributed by atoms with Crippen LogP contribution in [-0.4, -0.2) is 17.9 Å². The van der Waals surface area contributed by atoms with Gasteiger partial charge in [-0.05, 0) is 86.9 Å². The van der Waals surface area contributed by atoms with E-state index in [2.05, 4.69) is 19.9 Å². The normalized spacial score (nSPS) is 47.2. The first-order chi connectivity index (χ1) is 12.3. The first kappa shape index (κ1) is 18.3. The van der Waals surface area contributed by atoms with Gasteiger partial charge in [0.2, 0.25) is 0 Å². The minimum absolute atomic E-state index is 0.116. The van der Waals surface area contributed by atoms with E-state index in [1.165, 1.54) is 26.2 Å². The van der Waals surface area contributed by atoms with Crippen molar-refractivity contribution in [3.63, 3.8) is 0 Å². The molecule has 0 aliphatic heterocycles. The molecule has 4 aliphatic carbocycles. The molecule has 0 heterocycles. The molecule has 0 unspecified atom stereocenters. The average molecular weight is 359 g/mol. The lowest BCUT2D eigenvalue weighted by Gasteiger charge is -2.56. The maximum absolute atomic E-state index is 12.2. The zero-order valence-electron chi connectivity index (χ0n) is 16.8. The van der Waals surface area contributed by atoms with Crippen molar-refractivity contribution in [2.45, 2.75) is 85.2 Å². The van der Waals surface area contributed by atoms with Crippen LogP contribution in [0.25, 0.3) is 0 Å². The molecule has 0 N–H and O–H groups in total. The second-order valence-electron chi connectivity index (χ2n) is 10.0. The second-order valence-corrected chi connectivity index (χ2v) is 10.0. The van der Waals surface area contributed by atoms with E-state index in [1.54, 1.807) is 12.5 Å². The number of hydrogen-bond acceptors (Lipinski definition) is 3. The molecule has 0 aromatic rings. The summed E-state index contributed by atoms with van der Waals surface area (Å²) in [6.45, 7) is 8.18. The SMILES string of the molecule is CC(=O)O[C@@H]1CC[C@]2(C)C3=CC[C@]4(C)[C@H](C(C)=O)CC[C@H]4[C@@H]3CC[C@H]2C1. The van der Waals surface area contributed by atoms with Crippen molar-refractivity contribution < 1.29 is 14.3 Å². The van der Waals surface area contributed by atoms with Crippen molar-refractivity contribution in [3.8, 4) is 0 Å². The molecule has 0 aromatic carbocycles. The lowest BCUT2D eigenvalue weighted by Crippen LogP contribution is -2.49. The van der Waals surface area contributed by atoms with Crippen LogP contribution in [0.15, 0.2) is 11.6 Å². The lowest BCUT2D eigenvalue weighted by molar-refractivity contribution is -0.151. The number of carbonyl (C=O) groups is 2. The number of fused-ring (bicyclic) bond motifs is 5. The van der Waals surface area contributed by atoms with Crippen LogP contribution in [0.1, 0.15) is 79.1 Å². The summed E-state index contributed by atoms with van der Waals surface area (Å²) in [4.78, 5) is 23.6. The number of hydrogen-bond donors (Lipinski definition) is 0. The first-order valence-corrected chi connectivity index (χ1v) is 10.6. The van der Waals surface area contributed by atoms with Crippen LogP contribution in [0.3, 0.4) is 0 Å². The highest BCUT2D eigenvalue weighted by Gasteiger charge is 2.58. The van der Waals surface area contributed by atoms with Gasteiger partial charge in [0, 0.05) is 12.8 Å². The lowest BCUT2D eigenvalue weighted by atomic mass is 9.48. The number of rotatable bonds is 2. The highest BCUT2D eigenvalue weighted by Crippen LogP contribution is 2.65. The minimum atomic E-state index is -0.138. The van der Waals surface area contributed by atoms with Crippen molar-refractivity contribution in [1.82, 2.24) is 0 Å². The van der Waals surface area contributed by atoms with Gasteiger partial charge in [-0.25, -0.2) is 0 Å². The molecule has 4 aliphatic rings. The van der Waals surface area contributed by atoms with Crippen LogP contribution in [0.4, 0.5) is 0 Å². The fourth-order valence-corrected chi connectivity index (χ4v) is 7.50. The summed E-state index contributed by atoms with van der Waals surface area (Å²) >= 11 is 0. The van der Waals surface area contributed by atoms with E-state index >= 15 is 0 Å². The molecule has 144 valence electrons. The summed E-state index contributed by atoms with van der Waals surface area (Å²) in [7, 11) is 0. The summed E-state index contributed by atoms with van der Waals surface area (Å²) in [5.41, 5.74) is 2.15. The maximum Gasteiger partial charge on any atom is 0.302 e. The second kappa shape index (κ2) is 6.21. The largest absolute Gasteiger partial charge is 0.463 e. The van der Waals surface area contributed by atoms with Crippen molar-refractivity contribution >= 4 is 11.8 Å². The molecule has 4 rings (SSSR count). The fraction of sp³-hybridized carbons (Fsp3) is 0.826. The van der Waals surface area contributed by atoms with Gasteiger partial charge in [0.05, 0.1) is 0 Å². The minimum Gasteiger partial charge on any atom is -0.463 e. The van der Waals surface area contributed by atoms with Gasteiger partial charge in [0.25, 0.3) is 0 Å². The van der Waals surface area contributed by atoms with E-state index in [0.717, 1.165) is 32.1 Å². The van der Waals surface area contributed by atoms with E-state index in [9.17, 15) is 9.59 Å². The van der Waals surface area contributed by atoms with Gasteiger partial charge < -0.3 is 4.74 Å². The topological polar surface area (TPSA) is 43.4 Å². The van der Waals surface area contributed by atoms with Crippen molar-refractivity contribution in [1.29, 1.82) is 0 Å². The van der Waals surface area contributed by atoms with Crippen molar-refractivity contribution in [2.75, 3.05) is 0 Å². The fourth-order valence-electron chi connectivity index (χ4n) is 7.50. The maximum atomic E-state index is 12.2. The Morgan fingerprint density at radius 3 is 2.54 bits per heavy atom. The van der Waals surface area contributed by atoms with Crippen LogP contribution in [-0.2, 0) is 14.3 Å². The molecule has 0 bridgehead atoms. The monoisotopic (exact) mass is 358 g/mol. The van der Waals surface area contributed by atoms with Gasteiger partial charge >= 0.3 is 5.97 Å². The molecule has 0 aromatic heterocycles. The van der Waals surface area contributed by atoms with Gasteiger partial charge in [0.15, 0.2) is 0 Å². The Balaban J connectivity index is 1.59. The standard InChI is InChI=1S/C23H34O3/c1-14(24)19-7-8-20-18-6-5-16-13-17(26-15(2)25)9-11-22(16,3)21(18)10-12-23(19,20)4/h10,16-20H,5-9,11-13H2,1-4H3/t16-,17+,18-,19-,20-,22-,23+/m0/s1. The summed E-state index contributed by atoms with van der Waals surface area (Å²) in [6, 6.07) is 0. The van der Waals surface area contributed by atoms with Crippen LogP contribution in [0.2, 0.25) is 0 Å². The predicted molar refractivity (Wildman–Crippen MR) is 101 cm³/mol. The molecular formula is C23H34O3. The molecular weight excluding hydrogens is 324 g/mol. The van der Waals surface area contributed by atoms with E-state index in [0.29, 0.717) is 23.5 Å². The average Bonchev–Trinajstić information content (AvgIpc) is 2.92. The van der Waals surface area contributed by atoms with Gasteiger partial charge in [0.1, 0.15) is 11.9 Å². The number of ether oxygens (including phenoxy) is 1. The zero-order chi connectivity index (χ0) is 18.7. The van der Waals surface area contributed by atoms with Crippen LogP contribution in [0, 0.1) is 34.5 Å². The molecule has 0 amide bonds. The third kappa shape index (κ3) is 2.60. The predicted octanol–water partition coefficient (Wildman–Crippen LogP) is 5.09. The summed E-state index contributed by atoms with van der Waals surface area (Å²) < 4.78 is 5.55. The third-order valence-electron chi connectivity index (χ3n) is 8.80. The molecule has 3 fully saturated rings. The molecule has 0 saturated heterocycles. The van der Waals surface area contributed by atoms with Crippen LogP contribution >= 0.6 is 0 Å². The number of esters is 1. The quantitative estimate of drug-likeness (QED) is 0.510. The summed E-state index contributed by atoms with van der Waals surface area (Å²) in [5, 5.41) is 0. The van der Waals surface area contributed by atoms with Gasteiger partial charge in [-0.15, -0.1) is 0 Å².